The molecule has 0 unspecified atom stereocenters. The number of benzene rings is 3. The SMILES string of the molecule is CCNC(=O)[C@H](C)N(Cc1c(Cl)cccc1Cl)C(=O)CN(c1cccc(Cl)c1Cl)S(=O)(=O)c1ccccc1. The second-order valence-corrected chi connectivity index (χ2v) is 11.7. The summed E-state index contributed by atoms with van der Waals surface area (Å²) in [5.41, 5.74) is 0.427. The predicted molar refractivity (Wildman–Crippen MR) is 153 cm³/mol. The number of hydrogen-bond acceptors (Lipinski definition) is 4. The van der Waals surface area contributed by atoms with E-state index in [0.717, 1.165) is 4.31 Å². The van der Waals surface area contributed by atoms with Crippen LogP contribution < -0.4 is 9.62 Å². The summed E-state index contributed by atoms with van der Waals surface area (Å²) < 4.78 is 28.4. The van der Waals surface area contributed by atoms with Gasteiger partial charge in [0.25, 0.3) is 10.0 Å². The van der Waals surface area contributed by atoms with E-state index in [2.05, 4.69) is 5.32 Å². The zero-order valence-corrected chi connectivity index (χ0v) is 24.3. The van der Waals surface area contributed by atoms with Crippen molar-refractivity contribution < 1.29 is 18.0 Å². The normalized spacial score (nSPS) is 12.1. The van der Waals surface area contributed by atoms with Crippen LogP contribution in [0.5, 0.6) is 0 Å². The molecule has 3 aromatic carbocycles. The van der Waals surface area contributed by atoms with Gasteiger partial charge in [0.15, 0.2) is 0 Å². The first-order valence-electron chi connectivity index (χ1n) is 11.5. The molecule has 1 N–H and O–H groups in total. The quantitative estimate of drug-likeness (QED) is 0.300. The van der Waals surface area contributed by atoms with E-state index in [1.165, 1.54) is 42.2 Å². The van der Waals surface area contributed by atoms with Gasteiger partial charge >= 0.3 is 0 Å². The van der Waals surface area contributed by atoms with Crippen LogP contribution in [-0.2, 0) is 26.2 Å². The number of hydrogen-bond donors (Lipinski definition) is 1. The van der Waals surface area contributed by atoms with Gasteiger partial charge < -0.3 is 10.2 Å². The lowest BCUT2D eigenvalue weighted by Crippen LogP contribution is -2.51. The molecule has 202 valence electrons. The van der Waals surface area contributed by atoms with Gasteiger partial charge in [-0.1, -0.05) is 76.7 Å². The molecular formula is C26H25Cl4N3O4S. The minimum absolute atomic E-state index is 0.0118. The number of rotatable bonds is 10. The molecule has 0 fully saturated rings. The predicted octanol–water partition coefficient (Wildman–Crippen LogP) is 6.05. The molecule has 0 saturated heterocycles. The average Bonchev–Trinajstić information content (AvgIpc) is 2.89. The van der Waals surface area contributed by atoms with E-state index in [9.17, 15) is 18.0 Å². The maximum atomic E-state index is 13.9. The van der Waals surface area contributed by atoms with Crippen LogP contribution in [0.2, 0.25) is 20.1 Å². The highest BCUT2D eigenvalue weighted by atomic mass is 35.5. The van der Waals surface area contributed by atoms with Gasteiger partial charge in [-0.2, -0.15) is 0 Å². The Morgan fingerprint density at radius 1 is 0.868 bits per heavy atom. The molecule has 0 aliphatic heterocycles. The number of amides is 2. The molecule has 12 heteroatoms. The van der Waals surface area contributed by atoms with Gasteiger partial charge in [-0.25, -0.2) is 8.42 Å². The number of carbonyl (C=O) groups is 2. The molecule has 38 heavy (non-hydrogen) atoms. The molecule has 0 aliphatic carbocycles. The molecule has 0 spiro atoms. The highest BCUT2D eigenvalue weighted by molar-refractivity contribution is 7.92. The van der Waals surface area contributed by atoms with Crippen molar-refractivity contribution >= 4 is 73.9 Å². The molecule has 7 nitrogen and oxygen atoms in total. The standard InChI is InChI=1S/C26H25Cl4N3O4S/c1-3-31-26(35)17(2)32(15-19-20(27)11-7-12-21(19)28)24(34)16-33(23-14-8-13-22(29)25(23)30)38(36,37)18-9-5-4-6-10-18/h4-14,17H,3,15-16H2,1-2H3,(H,31,35)/t17-/m0/s1. The smallest absolute Gasteiger partial charge is 0.264 e. The molecule has 3 aromatic rings. The number of nitrogens with one attached hydrogen (secondary N) is 1. The van der Waals surface area contributed by atoms with E-state index in [4.69, 9.17) is 46.4 Å². The van der Waals surface area contributed by atoms with E-state index in [0.29, 0.717) is 22.2 Å². The third-order valence-electron chi connectivity index (χ3n) is 5.72. The zero-order valence-electron chi connectivity index (χ0n) is 20.5. The Balaban J connectivity index is 2.10. The van der Waals surface area contributed by atoms with E-state index in [1.807, 2.05) is 0 Å². The summed E-state index contributed by atoms with van der Waals surface area (Å²) in [5, 5.41) is 3.35. The Morgan fingerprint density at radius 2 is 1.45 bits per heavy atom. The molecule has 3 rings (SSSR count). The van der Waals surface area contributed by atoms with Crippen molar-refractivity contribution in [3.05, 3.63) is 92.4 Å². The molecule has 0 aromatic heterocycles. The second-order valence-electron chi connectivity index (χ2n) is 8.19. The van der Waals surface area contributed by atoms with E-state index < -0.39 is 34.4 Å². The van der Waals surface area contributed by atoms with Crippen LogP contribution in [0, 0.1) is 0 Å². The first-order valence-corrected chi connectivity index (χ1v) is 14.5. The summed E-state index contributed by atoms with van der Waals surface area (Å²) in [5.74, 6) is -1.11. The van der Waals surface area contributed by atoms with Crippen LogP contribution in [0.1, 0.15) is 19.4 Å². The van der Waals surface area contributed by atoms with Crippen molar-refractivity contribution in [1.82, 2.24) is 10.2 Å². The van der Waals surface area contributed by atoms with Crippen molar-refractivity contribution in [2.24, 2.45) is 0 Å². The molecular weight excluding hydrogens is 592 g/mol. The topological polar surface area (TPSA) is 86.8 Å². The first-order chi connectivity index (χ1) is 18.0. The highest BCUT2D eigenvalue weighted by Crippen LogP contribution is 2.36. The fourth-order valence-electron chi connectivity index (χ4n) is 3.68. The monoisotopic (exact) mass is 615 g/mol. The van der Waals surface area contributed by atoms with Crippen molar-refractivity contribution in [3.8, 4) is 0 Å². The summed E-state index contributed by atoms with van der Waals surface area (Å²) >= 11 is 25.3. The second kappa shape index (κ2) is 13.0. The van der Waals surface area contributed by atoms with E-state index in [1.54, 1.807) is 43.3 Å². The van der Waals surface area contributed by atoms with Gasteiger partial charge in [-0.15, -0.1) is 0 Å². The third-order valence-corrected chi connectivity index (χ3v) is 9.01. The third kappa shape index (κ3) is 6.74. The number of anilines is 1. The summed E-state index contributed by atoms with van der Waals surface area (Å²) in [4.78, 5) is 27.8. The lowest BCUT2D eigenvalue weighted by molar-refractivity contribution is -0.139. The Hall–Kier alpha value is -2.49. The molecule has 1 atom stereocenters. The number of sulfonamides is 1. The van der Waals surface area contributed by atoms with Gasteiger partial charge in [0.1, 0.15) is 12.6 Å². The molecule has 0 aliphatic rings. The molecule has 0 saturated carbocycles. The highest BCUT2D eigenvalue weighted by Gasteiger charge is 2.34. The minimum Gasteiger partial charge on any atom is -0.355 e. The number of halogens is 4. The Morgan fingerprint density at radius 3 is 2.05 bits per heavy atom. The van der Waals surface area contributed by atoms with Crippen LogP contribution in [0.3, 0.4) is 0 Å². The zero-order chi connectivity index (χ0) is 28.0. The minimum atomic E-state index is -4.28. The Bertz CT molecular complexity index is 1400. The largest absolute Gasteiger partial charge is 0.355 e. The van der Waals surface area contributed by atoms with Gasteiger partial charge in [-0.3, -0.25) is 13.9 Å². The number of carbonyl (C=O) groups excluding carboxylic acids is 2. The summed E-state index contributed by atoms with van der Waals surface area (Å²) in [6.07, 6.45) is 0. The van der Waals surface area contributed by atoms with E-state index >= 15 is 0 Å². The molecule has 0 radical (unpaired) electrons. The van der Waals surface area contributed by atoms with Crippen molar-refractivity contribution in [2.75, 3.05) is 17.4 Å². The fourth-order valence-corrected chi connectivity index (χ4v) is 6.09. The Labute approximate surface area is 242 Å². The first kappa shape index (κ1) is 30.1. The van der Waals surface area contributed by atoms with Crippen LogP contribution in [0.25, 0.3) is 0 Å². The van der Waals surface area contributed by atoms with Crippen LogP contribution in [0.15, 0.2) is 71.6 Å². The van der Waals surface area contributed by atoms with Crippen LogP contribution in [0.4, 0.5) is 5.69 Å². The van der Waals surface area contributed by atoms with Crippen molar-refractivity contribution in [2.45, 2.75) is 31.3 Å². The van der Waals surface area contributed by atoms with Gasteiger partial charge in [-0.05, 0) is 50.2 Å². The van der Waals surface area contributed by atoms with Crippen molar-refractivity contribution in [1.29, 1.82) is 0 Å². The Kier molecular flexibility index (Phi) is 10.3. The lowest BCUT2D eigenvalue weighted by Gasteiger charge is -2.32. The van der Waals surface area contributed by atoms with Gasteiger partial charge in [0.05, 0.1) is 20.6 Å². The molecule has 0 bridgehead atoms. The molecule has 0 heterocycles. The number of likely N-dealkylation sites (N-methyl/N-ethyl adjacent to an activating group) is 1. The van der Waals surface area contributed by atoms with Crippen LogP contribution in [-0.4, -0.2) is 44.3 Å². The van der Waals surface area contributed by atoms with Crippen molar-refractivity contribution in [3.63, 3.8) is 0 Å². The number of nitrogens with zero attached hydrogens (tertiary/aromatic N) is 2. The van der Waals surface area contributed by atoms with Gasteiger partial charge in [0, 0.05) is 28.7 Å². The van der Waals surface area contributed by atoms with E-state index in [-0.39, 0.29) is 27.2 Å². The maximum absolute atomic E-state index is 13.9. The van der Waals surface area contributed by atoms with Crippen LogP contribution >= 0.6 is 46.4 Å². The van der Waals surface area contributed by atoms with Gasteiger partial charge in [0.2, 0.25) is 11.8 Å². The average molecular weight is 617 g/mol. The fraction of sp³-hybridized carbons (Fsp3) is 0.231. The summed E-state index contributed by atoms with van der Waals surface area (Å²) in [6.45, 7) is 2.80. The summed E-state index contributed by atoms with van der Waals surface area (Å²) in [7, 11) is -4.28. The summed E-state index contributed by atoms with van der Waals surface area (Å²) in [6, 6.07) is 16.0. The lowest BCUT2D eigenvalue weighted by atomic mass is 10.1. The molecule has 2 amide bonds. The maximum Gasteiger partial charge on any atom is 0.264 e.